The third-order valence-electron chi connectivity index (χ3n) is 4.07. The number of fused-ring (bicyclic) bond motifs is 1. The fourth-order valence-corrected chi connectivity index (χ4v) is 3.09. The number of hydrogen-bond acceptors (Lipinski definition) is 3. The van der Waals surface area contributed by atoms with Crippen LogP contribution in [0.4, 0.5) is 5.69 Å². The van der Waals surface area contributed by atoms with Gasteiger partial charge in [-0.3, -0.25) is 0 Å². The molecule has 3 nitrogen and oxygen atoms in total. The standard InChI is InChI=1S/C13H18ClN3/c1-9-4-12(7-16-13(9)14)17-3-2-10-5-15-6-11(10)8-17/h4,7,10-11,15H,2-3,5-6,8H2,1H3/t10-,11-/m0/s1. The van der Waals surface area contributed by atoms with Crippen molar-refractivity contribution in [2.24, 2.45) is 11.8 Å². The summed E-state index contributed by atoms with van der Waals surface area (Å²) in [5.41, 5.74) is 2.29. The monoisotopic (exact) mass is 251 g/mol. The van der Waals surface area contributed by atoms with Gasteiger partial charge in [-0.05, 0) is 49.9 Å². The summed E-state index contributed by atoms with van der Waals surface area (Å²) in [5.74, 6) is 1.69. The molecule has 0 spiro atoms. The SMILES string of the molecule is Cc1cc(N2CC[C@H]3CNC[C@H]3C2)cnc1Cl. The number of aromatic nitrogens is 1. The first-order chi connectivity index (χ1) is 8.24. The maximum absolute atomic E-state index is 5.97. The Bertz CT molecular complexity index is 421. The average Bonchev–Trinajstić information content (AvgIpc) is 2.79. The molecule has 1 aromatic rings. The predicted molar refractivity (Wildman–Crippen MR) is 70.7 cm³/mol. The zero-order chi connectivity index (χ0) is 11.8. The van der Waals surface area contributed by atoms with Gasteiger partial charge in [0.25, 0.3) is 0 Å². The molecule has 0 radical (unpaired) electrons. The predicted octanol–water partition coefficient (Wildman–Crippen LogP) is 2.09. The Balaban J connectivity index is 1.78. The van der Waals surface area contributed by atoms with Crippen molar-refractivity contribution in [2.45, 2.75) is 13.3 Å². The van der Waals surface area contributed by atoms with Crippen LogP contribution in [0.1, 0.15) is 12.0 Å². The molecular weight excluding hydrogens is 234 g/mol. The lowest BCUT2D eigenvalue weighted by Gasteiger charge is -2.36. The first kappa shape index (κ1) is 11.3. The van der Waals surface area contributed by atoms with Crippen molar-refractivity contribution in [3.05, 3.63) is 23.0 Å². The van der Waals surface area contributed by atoms with Gasteiger partial charge in [0, 0.05) is 13.1 Å². The fraction of sp³-hybridized carbons (Fsp3) is 0.615. The van der Waals surface area contributed by atoms with Crippen LogP contribution in [0.15, 0.2) is 12.3 Å². The first-order valence-corrected chi connectivity index (χ1v) is 6.69. The molecule has 92 valence electrons. The van der Waals surface area contributed by atoms with Gasteiger partial charge in [-0.25, -0.2) is 4.98 Å². The van der Waals surface area contributed by atoms with Gasteiger partial charge in [0.05, 0.1) is 11.9 Å². The van der Waals surface area contributed by atoms with Gasteiger partial charge in [0.2, 0.25) is 0 Å². The van der Waals surface area contributed by atoms with Crippen molar-refractivity contribution in [1.29, 1.82) is 0 Å². The highest BCUT2D eigenvalue weighted by atomic mass is 35.5. The summed E-state index contributed by atoms with van der Waals surface area (Å²) < 4.78 is 0. The lowest BCUT2D eigenvalue weighted by molar-refractivity contribution is 0.349. The molecule has 2 atom stereocenters. The third kappa shape index (κ3) is 2.14. The number of pyridine rings is 1. The second-order valence-corrected chi connectivity index (χ2v) is 5.57. The Morgan fingerprint density at radius 1 is 1.41 bits per heavy atom. The molecular formula is C13H18ClN3. The quantitative estimate of drug-likeness (QED) is 0.775. The molecule has 0 saturated carbocycles. The van der Waals surface area contributed by atoms with E-state index in [-0.39, 0.29) is 0 Å². The van der Waals surface area contributed by atoms with Gasteiger partial charge in [-0.1, -0.05) is 11.6 Å². The molecule has 0 amide bonds. The van der Waals surface area contributed by atoms with Crippen molar-refractivity contribution in [2.75, 3.05) is 31.1 Å². The van der Waals surface area contributed by atoms with E-state index in [0.717, 1.165) is 30.5 Å². The molecule has 0 unspecified atom stereocenters. The van der Waals surface area contributed by atoms with Crippen LogP contribution in [-0.4, -0.2) is 31.2 Å². The number of piperidine rings is 1. The molecule has 17 heavy (non-hydrogen) atoms. The lowest BCUT2D eigenvalue weighted by atomic mass is 9.88. The normalized spacial score (nSPS) is 28.2. The van der Waals surface area contributed by atoms with Crippen LogP contribution in [-0.2, 0) is 0 Å². The summed E-state index contributed by atoms with van der Waals surface area (Å²) >= 11 is 5.97. The summed E-state index contributed by atoms with van der Waals surface area (Å²) in [6, 6.07) is 2.15. The Labute approximate surface area is 107 Å². The second kappa shape index (κ2) is 4.46. The van der Waals surface area contributed by atoms with Crippen molar-refractivity contribution >= 4 is 17.3 Å². The average molecular weight is 252 g/mol. The Morgan fingerprint density at radius 3 is 3.06 bits per heavy atom. The number of anilines is 1. The van der Waals surface area contributed by atoms with Gasteiger partial charge in [0.1, 0.15) is 5.15 Å². The minimum atomic E-state index is 0.617. The van der Waals surface area contributed by atoms with E-state index in [0.29, 0.717) is 5.15 Å². The Kier molecular flexibility index (Phi) is 2.97. The van der Waals surface area contributed by atoms with Gasteiger partial charge < -0.3 is 10.2 Å². The van der Waals surface area contributed by atoms with Crippen LogP contribution in [0.2, 0.25) is 5.15 Å². The van der Waals surface area contributed by atoms with E-state index in [1.807, 2.05) is 13.1 Å². The van der Waals surface area contributed by atoms with E-state index in [1.165, 1.54) is 25.2 Å². The zero-order valence-electron chi connectivity index (χ0n) is 10.1. The molecule has 3 rings (SSSR count). The molecule has 4 heteroatoms. The number of aryl methyl sites for hydroxylation is 1. The smallest absolute Gasteiger partial charge is 0.132 e. The molecule has 3 heterocycles. The molecule has 1 N–H and O–H groups in total. The summed E-state index contributed by atoms with van der Waals surface area (Å²) in [6.45, 7) is 6.69. The molecule has 2 fully saturated rings. The molecule has 2 saturated heterocycles. The molecule has 2 aliphatic heterocycles. The van der Waals surface area contributed by atoms with Gasteiger partial charge in [0.15, 0.2) is 0 Å². The Hall–Kier alpha value is -0.800. The molecule has 0 aromatic carbocycles. The van der Waals surface area contributed by atoms with E-state index < -0.39 is 0 Å². The largest absolute Gasteiger partial charge is 0.370 e. The highest BCUT2D eigenvalue weighted by Gasteiger charge is 2.32. The lowest BCUT2D eigenvalue weighted by Crippen LogP contribution is -2.40. The molecule has 0 bridgehead atoms. The van der Waals surface area contributed by atoms with Crippen molar-refractivity contribution < 1.29 is 0 Å². The van der Waals surface area contributed by atoms with Gasteiger partial charge >= 0.3 is 0 Å². The number of halogens is 1. The number of rotatable bonds is 1. The van der Waals surface area contributed by atoms with Crippen LogP contribution in [0.3, 0.4) is 0 Å². The minimum Gasteiger partial charge on any atom is -0.370 e. The maximum atomic E-state index is 5.97. The third-order valence-corrected chi connectivity index (χ3v) is 4.47. The van der Waals surface area contributed by atoms with Gasteiger partial charge in [-0.2, -0.15) is 0 Å². The highest BCUT2D eigenvalue weighted by Crippen LogP contribution is 2.30. The molecule has 2 aliphatic rings. The van der Waals surface area contributed by atoms with Crippen molar-refractivity contribution in [3.8, 4) is 0 Å². The van der Waals surface area contributed by atoms with Gasteiger partial charge in [-0.15, -0.1) is 0 Å². The minimum absolute atomic E-state index is 0.617. The summed E-state index contributed by atoms with van der Waals surface area (Å²) in [7, 11) is 0. The number of nitrogens with zero attached hydrogens (tertiary/aromatic N) is 2. The highest BCUT2D eigenvalue weighted by molar-refractivity contribution is 6.30. The van der Waals surface area contributed by atoms with Crippen LogP contribution in [0.25, 0.3) is 0 Å². The van der Waals surface area contributed by atoms with Crippen LogP contribution < -0.4 is 10.2 Å². The van der Waals surface area contributed by atoms with E-state index in [2.05, 4.69) is 21.3 Å². The van der Waals surface area contributed by atoms with Crippen molar-refractivity contribution in [1.82, 2.24) is 10.3 Å². The Morgan fingerprint density at radius 2 is 2.24 bits per heavy atom. The maximum Gasteiger partial charge on any atom is 0.132 e. The van der Waals surface area contributed by atoms with E-state index >= 15 is 0 Å². The topological polar surface area (TPSA) is 28.2 Å². The summed E-state index contributed by atoms with van der Waals surface area (Å²) in [4.78, 5) is 6.70. The first-order valence-electron chi connectivity index (χ1n) is 6.32. The summed E-state index contributed by atoms with van der Waals surface area (Å²) in [5, 5.41) is 4.11. The number of hydrogen-bond donors (Lipinski definition) is 1. The van der Waals surface area contributed by atoms with Crippen molar-refractivity contribution in [3.63, 3.8) is 0 Å². The number of nitrogens with one attached hydrogen (secondary N) is 1. The van der Waals surface area contributed by atoms with E-state index in [4.69, 9.17) is 11.6 Å². The second-order valence-electron chi connectivity index (χ2n) is 5.21. The zero-order valence-corrected chi connectivity index (χ0v) is 10.9. The molecule has 1 aromatic heterocycles. The van der Waals surface area contributed by atoms with E-state index in [1.54, 1.807) is 0 Å². The summed E-state index contributed by atoms with van der Waals surface area (Å²) in [6.07, 6.45) is 3.19. The fourth-order valence-electron chi connectivity index (χ4n) is 2.99. The molecule has 0 aliphatic carbocycles. The van der Waals surface area contributed by atoms with Crippen LogP contribution >= 0.6 is 11.6 Å². The van der Waals surface area contributed by atoms with Crippen LogP contribution in [0.5, 0.6) is 0 Å². The van der Waals surface area contributed by atoms with E-state index in [9.17, 15) is 0 Å². The van der Waals surface area contributed by atoms with Crippen LogP contribution in [0, 0.1) is 18.8 Å².